The minimum absolute atomic E-state index is 0.297. The Morgan fingerprint density at radius 1 is 1.18 bits per heavy atom. The van der Waals surface area contributed by atoms with Crippen LogP contribution < -0.4 is 10.6 Å². The highest BCUT2D eigenvalue weighted by molar-refractivity contribution is 7.13. The number of aromatic nitrogens is 1. The first kappa shape index (κ1) is 21.3. The van der Waals surface area contributed by atoms with E-state index >= 15 is 0 Å². The number of nitrogens with zero attached hydrogens (tertiary/aromatic N) is 2. The molecule has 7 nitrogen and oxygen atoms in total. The summed E-state index contributed by atoms with van der Waals surface area (Å²) in [5.41, 5.74) is 2.24. The topological polar surface area (TPSA) is 91.4 Å². The quantitative estimate of drug-likeness (QED) is 0.620. The van der Waals surface area contributed by atoms with Crippen LogP contribution in [0.15, 0.2) is 42.5 Å². The molecule has 3 aromatic rings. The van der Waals surface area contributed by atoms with Crippen LogP contribution in [0.4, 0.5) is 10.1 Å². The number of hydrogen-bond acceptors (Lipinski definition) is 5. The number of anilines is 1. The molecule has 168 valence electrons. The van der Waals surface area contributed by atoms with Crippen LogP contribution >= 0.6 is 11.3 Å². The number of fused-ring (bicyclic) bond motifs is 2. The van der Waals surface area contributed by atoms with Crippen molar-refractivity contribution >= 4 is 34.7 Å². The molecule has 1 fully saturated rings. The van der Waals surface area contributed by atoms with Crippen molar-refractivity contribution < 1.29 is 18.8 Å². The highest BCUT2D eigenvalue weighted by Crippen LogP contribution is 2.33. The zero-order chi connectivity index (χ0) is 23.3. The summed E-state index contributed by atoms with van der Waals surface area (Å²) < 4.78 is 14.3. The van der Waals surface area contributed by atoms with Crippen molar-refractivity contribution in [3.63, 3.8) is 0 Å². The van der Waals surface area contributed by atoms with Gasteiger partial charge in [0.05, 0.1) is 28.0 Å². The van der Waals surface area contributed by atoms with E-state index in [4.69, 9.17) is 0 Å². The molecule has 0 radical (unpaired) electrons. The first-order chi connectivity index (χ1) is 15.8. The molecule has 2 atom stereocenters. The summed E-state index contributed by atoms with van der Waals surface area (Å²) in [5, 5.41) is 6.53. The Labute approximate surface area is 193 Å². The molecular weight excluding hydrogens is 443 g/mol. The van der Waals surface area contributed by atoms with Crippen molar-refractivity contribution in [3.8, 4) is 11.1 Å². The molecule has 0 spiro atoms. The molecule has 1 aromatic heterocycles. The zero-order valence-corrected chi connectivity index (χ0v) is 18.8. The molecule has 0 unspecified atom stereocenters. The van der Waals surface area contributed by atoms with Crippen molar-refractivity contribution in [1.82, 2.24) is 15.2 Å². The zero-order valence-electron chi connectivity index (χ0n) is 18.0. The van der Waals surface area contributed by atoms with Gasteiger partial charge in [-0.05, 0) is 44.0 Å². The number of thiazole rings is 1. The Bertz CT molecular complexity index is 1300. The Hall–Kier alpha value is -3.59. The van der Waals surface area contributed by atoms with E-state index in [1.54, 1.807) is 43.3 Å². The van der Waals surface area contributed by atoms with Gasteiger partial charge in [-0.15, -0.1) is 11.3 Å². The van der Waals surface area contributed by atoms with Gasteiger partial charge in [0.2, 0.25) is 5.91 Å². The van der Waals surface area contributed by atoms with Gasteiger partial charge in [0, 0.05) is 12.1 Å². The number of amides is 3. The highest BCUT2D eigenvalue weighted by atomic mass is 32.1. The number of aryl methyl sites for hydroxylation is 2. The van der Waals surface area contributed by atoms with Crippen LogP contribution in [0.5, 0.6) is 0 Å². The predicted octanol–water partition coefficient (Wildman–Crippen LogP) is 3.53. The molecule has 3 heterocycles. The fraction of sp³-hybridized carbons (Fsp3) is 0.250. The molecule has 5 rings (SSSR count). The minimum atomic E-state index is -0.833. The van der Waals surface area contributed by atoms with E-state index in [-0.39, 0.29) is 17.7 Å². The Kier molecular flexibility index (Phi) is 5.20. The third-order valence-corrected chi connectivity index (χ3v) is 7.12. The van der Waals surface area contributed by atoms with Crippen LogP contribution in [0, 0.1) is 19.7 Å². The molecule has 1 saturated heterocycles. The summed E-state index contributed by atoms with van der Waals surface area (Å²) in [6.07, 6.45) is 0.453. The third-order valence-electron chi connectivity index (χ3n) is 6.05. The summed E-state index contributed by atoms with van der Waals surface area (Å²) in [6, 6.07) is 9.87. The Morgan fingerprint density at radius 2 is 1.97 bits per heavy atom. The number of benzene rings is 2. The van der Waals surface area contributed by atoms with Gasteiger partial charge < -0.3 is 15.5 Å². The van der Waals surface area contributed by atoms with Gasteiger partial charge >= 0.3 is 0 Å². The molecule has 9 heteroatoms. The van der Waals surface area contributed by atoms with Crippen molar-refractivity contribution in [3.05, 3.63) is 69.4 Å². The fourth-order valence-corrected chi connectivity index (χ4v) is 5.35. The smallest absolute Gasteiger partial charge is 0.263 e. The maximum atomic E-state index is 14.3. The largest absolute Gasteiger partial charge is 0.346 e. The van der Waals surface area contributed by atoms with E-state index in [2.05, 4.69) is 15.6 Å². The minimum Gasteiger partial charge on any atom is -0.346 e. The molecule has 3 amide bonds. The van der Waals surface area contributed by atoms with Gasteiger partial charge in [-0.3, -0.25) is 14.4 Å². The SMILES string of the molecule is Cc1nc(C)c(C(=O)N[C@H]2CCN3C(=O)c4cc(-c5ccccc5F)ccc4NC(=O)[C@H]23)s1. The van der Waals surface area contributed by atoms with Crippen LogP contribution in [-0.2, 0) is 4.79 Å². The average Bonchev–Trinajstić information content (AvgIpc) is 3.33. The fourth-order valence-electron chi connectivity index (χ4n) is 4.53. The number of nitrogens with one attached hydrogen (secondary N) is 2. The van der Waals surface area contributed by atoms with E-state index in [1.807, 2.05) is 6.92 Å². The molecule has 0 bridgehead atoms. The molecule has 2 N–H and O–H groups in total. The number of halogens is 1. The molecule has 0 saturated carbocycles. The van der Waals surface area contributed by atoms with E-state index in [0.29, 0.717) is 45.9 Å². The van der Waals surface area contributed by atoms with Gasteiger partial charge in [0.1, 0.15) is 16.7 Å². The van der Waals surface area contributed by atoms with Gasteiger partial charge in [0.15, 0.2) is 0 Å². The van der Waals surface area contributed by atoms with Crippen molar-refractivity contribution in [1.29, 1.82) is 0 Å². The van der Waals surface area contributed by atoms with Crippen molar-refractivity contribution in [2.45, 2.75) is 32.4 Å². The second-order valence-corrected chi connectivity index (χ2v) is 9.39. The lowest BCUT2D eigenvalue weighted by Crippen LogP contribution is -2.51. The summed E-state index contributed by atoms with van der Waals surface area (Å²) in [7, 11) is 0. The van der Waals surface area contributed by atoms with Gasteiger partial charge in [-0.25, -0.2) is 9.37 Å². The summed E-state index contributed by atoms with van der Waals surface area (Å²) in [5.74, 6) is -1.37. The summed E-state index contributed by atoms with van der Waals surface area (Å²) >= 11 is 1.30. The molecule has 33 heavy (non-hydrogen) atoms. The molecule has 0 aliphatic carbocycles. The molecule has 2 aliphatic heterocycles. The standard InChI is InChI=1S/C24H21FN4O3S/c1-12-21(33-13(2)26-12)23(31)28-19-9-10-29-20(19)22(30)27-18-8-7-14(11-16(18)24(29)32)15-5-3-4-6-17(15)25/h3-8,11,19-20H,9-10H2,1-2H3,(H,27,30)(H,28,31)/t19-,20-/m0/s1. The van der Waals surface area contributed by atoms with E-state index in [0.717, 1.165) is 5.01 Å². The molecule has 2 aromatic carbocycles. The van der Waals surface area contributed by atoms with E-state index < -0.39 is 17.9 Å². The second kappa shape index (κ2) is 8.08. The lowest BCUT2D eigenvalue weighted by atomic mass is 10.0. The number of carbonyl (C=O) groups is 3. The molecule has 2 aliphatic rings. The van der Waals surface area contributed by atoms with Crippen LogP contribution in [-0.4, -0.2) is 46.2 Å². The third kappa shape index (κ3) is 3.68. The van der Waals surface area contributed by atoms with Gasteiger partial charge in [0.25, 0.3) is 11.8 Å². The van der Waals surface area contributed by atoms with E-state index in [9.17, 15) is 18.8 Å². The predicted molar refractivity (Wildman–Crippen MR) is 123 cm³/mol. The summed E-state index contributed by atoms with van der Waals surface area (Å²) in [4.78, 5) is 45.6. The average molecular weight is 465 g/mol. The lowest BCUT2D eigenvalue weighted by Gasteiger charge is -2.24. The van der Waals surface area contributed by atoms with Crippen LogP contribution in [0.2, 0.25) is 0 Å². The first-order valence-electron chi connectivity index (χ1n) is 10.6. The van der Waals surface area contributed by atoms with Crippen LogP contribution in [0.25, 0.3) is 11.1 Å². The monoisotopic (exact) mass is 464 g/mol. The number of rotatable bonds is 3. The first-order valence-corrected chi connectivity index (χ1v) is 11.4. The second-order valence-electron chi connectivity index (χ2n) is 8.19. The van der Waals surface area contributed by atoms with Gasteiger partial charge in [-0.2, -0.15) is 0 Å². The van der Waals surface area contributed by atoms with E-state index in [1.165, 1.54) is 22.3 Å². The Balaban J connectivity index is 1.44. The number of carbonyl (C=O) groups excluding carboxylic acids is 3. The van der Waals surface area contributed by atoms with Gasteiger partial charge in [-0.1, -0.05) is 24.3 Å². The van der Waals surface area contributed by atoms with Crippen molar-refractivity contribution in [2.24, 2.45) is 0 Å². The van der Waals surface area contributed by atoms with Crippen molar-refractivity contribution in [2.75, 3.05) is 11.9 Å². The van der Waals surface area contributed by atoms with Crippen LogP contribution in [0.1, 0.15) is 37.2 Å². The highest BCUT2D eigenvalue weighted by Gasteiger charge is 2.45. The Morgan fingerprint density at radius 3 is 2.70 bits per heavy atom. The number of hydrogen-bond donors (Lipinski definition) is 2. The maximum Gasteiger partial charge on any atom is 0.263 e. The lowest BCUT2D eigenvalue weighted by molar-refractivity contribution is -0.120. The normalized spacial score (nSPS) is 19.5. The maximum absolute atomic E-state index is 14.3. The molecular formula is C24H21FN4O3S. The van der Waals surface area contributed by atoms with Crippen LogP contribution in [0.3, 0.4) is 0 Å². The summed E-state index contributed by atoms with van der Waals surface area (Å²) in [6.45, 7) is 3.92.